The van der Waals surface area contributed by atoms with Crippen LogP contribution < -0.4 is 0 Å². The monoisotopic (exact) mass is 200 g/mol. The molecule has 3 nitrogen and oxygen atoms in total. The van der Waals surface area contributed by atoms with Crippen molar-refractivity contribution in [2.75, 3.05) is 6.61 Å². The molecule has 1 saturated heterocycles. The highest BCUT2D eigenvalue weighted by Gasteiger charge is 2.38. The van der Waals surface area contributed by atoms with Crippen molar-refractivity contribution in [1.82, 2.24) is 0 Å². The third kappa shape index (κ3) is 3.12. The minimum absolute atomic E-state index is 0.0523. The first kappa shape index (κ1) is 9.37. The fraction of sp³-hybridized carbons (Fsp3) is 0.800. The largest absolute Gasteiger partial charge is 0.616 e. The lowest BCUT2D eigenvalue weighted by atomic mass is 10.3. The van der Waals surface area contributed by atoms with Gasteiger partial charge in [-0.25, -0.2) is 17.1 Å². The Morgan fingerprint density at radius 3 is 2.58 bits per heavy atom. The van der Waals surface area contributed by atoms with Crippen LogP contribution in [0.15, 0.2) is 0 Å². The molecule has 1 aliphatic rings. The van der Waals surface area contributed by atoms with Crippen molar-refractivity contribution in [2.45, 2.75) is 18.6 Å². The molecule has 7 heteroatoms. The maximum absolute atomic E-state index is 11.8. The van der Waals surface area contributed by atoms with E-state index < -0.39 is 27.4 Å². The van der Waals surface area contributed by atoms with Gasteiger partial charge in [-0.15, -0.1) is 0 Å². The van der Waals surface area contributed by atoms with E-state index in [2.05, 4.69) is 9.47 Å². The van der Waals surface area contributed by atoms with Crippen molar-refractivity contribution in [3.05, 3.63) is 0 Å². The number of cyclic esters (lactones) is 2. The van der Waals surface area contributed by atoms with Crippen molar-refractivity contribution in [3.63, 3.8) is 0 Å². The molecule has 12 heavy (non-hydrogen) atoms. The molecule has 0 aromatic rings. The minimum atomic E-state index is -5.49. The summed E-state index contributed by atoms with van der Waals surface area (Å²) in [5.74, 6) is 0. The predicted molar refractivity (Wildman–Crippen MR) is 34.7 cm³/mol. The summed E-state index contributed by atoms with van der Waals surface area (Å²) in [5, 5.41) is 0. The predicted octanol–water partition coefficient (Wildman–Crippen LogP) is 1.76. The first-order valence-corrected chi connectivity index (χ1v) is 5.21. The summed E-state index contributed by atoms with van der Waals surface area (Å²) in [6.07, 6.45) is -1.74. The molecule has 1 fully saturated rings. The van der Waals surface area contributed by atoms with Crippen LogP contribution in [-0.4, -0.2) is 27.9 Å². The van der Waals surface area contributed by atoms with Gasteiger partial charge in [0.05, 0.1) is 0 Å². The fourth-order valence-electron chi connectivity index (χ4n) is 0.832. The lowest BCUT2D eigenvalue weighted by molar-refractivity contribution is 0.116. The molecule has 1 heterocycles. The van der Waals surface area contributed by atoms with Crippen molar-refractivity contribution in [1.29, 1.82) is 0 Å². The second-order valence-corrected chi connectivity index (χ2v) is 4.19. The van der Waals surface area contributed by atoms with Gasteiger partial charge < -0.3 is 9.47 Å². The van der Waals surface area contributed by atoms with E-state index in [1.165, 1.54) is 0 Å². The van der Waals surface area contributed by atoms with Crippen LogP contribution in [-0.2, 0) is 9.47 Å². The molecule has 0 amide bonds. The minimum Gasteiger partial charge on any atom is -0.430 e. The Morgan fingerprint density at radius 2 is 2.17 bits per heavy atom. The Labute approximate surface area is 68.0 Å². The quantitative estimate of drug-likeness (QED) is 0.395. The molecule has 0 N–H and O–H groups in total. The molecule has 70 valence electrons. The van der Waals surface area contributed by atoms with E-state index >= 15 is 0 Å². The van der Waals surface area contributed by atoms with Crippen LogP contribution in [0.2, 0.25) is 6.04 Å². The molecule has 0 aliphatic carbocycles. The Hall–Kier alpha value is -0.723. The molecule has 1 rings (SSSR count). The summed E-state index contributed by atoms with van der Waals surface area (Å²) in [6, 6.07) is -0.811. The van der Waals surface area contributed by atoms with E-state index in [1.54, 1.807) is 0 Å². The summed E-state index contributed by atoms with van der Waals surface area (Å²) in [4.78, 5) is 10.3. The van der Waals surface area contributed by atoms with Crippen LogP contribution in [0, 0.1) is 0 Å². The summed E-state index contributed by atoms with van der Waals surface area (Å²) in [5.41, 5.74) is 0. The van der Waals surface area contributed by atoms with Crippen molar-refractivity contribution in [3.8, 4) is 0 Å². The zero-order chi connectivity index (χ0) is 9.19. The Morgan fingerprint density at radius 1 is 1.50 bits per heavy atom. The zero-order valence-electron chi connectivity index (χ0n) is 6.06. The molecule has 1 atom stereocenters. The highest BCUT2D eigenvalue weighted by Crippen LogP contribution is 2.21. The maximum Gasteiger partial charge on any atom is 0.616 e. The SMILES string of the molecule is O=C1OCC(CC[Si](F)(F)F)O1. The summed E-state index contributed by atoms with van der Waals surface area (Å²) < 4.78 is 44.0. The van der Waals surface area contributed by atoms with Crippen LogP contribution in [0.5, 0.6) is 0 Å². The van der Waals surface area contributed by atoms with E-state index in [4.69, 9.17) is 0 Å². The average Bonchev–Trinajstić information content (AvgIpc) is 2.30. The van der Waals surface area contributed by atoms with Gasteiger partial charge in [-0.3, -0.25) is 0 Å². The van der Waals surface area contributed by atoms with E-state index in [9.17, 15) is 17.1 Å². The number of carbonyl (C=O) groups excluding carboxylic acids is 1. The van der Waals surface area contributed by atoms with Crippen LogP contribution >= 0.6 is 0 Å². The van der Waals surface area contributed by atoms with Crippen LogP contribution in [0.3, 0.4) is 0 Å². The molecule has 0 aromatic carbocycles. The first-order chi connectivity index (χ1) is 5.47. The van der Waals surface area contributed by atoms with E-state index in [1.807, 2.05) is 0 Å². The van der Waals surface area contributed by atoms with E-state index in [0.717, 1.165) is 0 Å². The third-order valence-corrected chi connectivity index (χ3v) is 2.26. The topological polar surface area (TPSA) is 35.5 Å². The van der Waals surface area contributed by atoms with Crippen molar-refractivity contribution >= 4 is 15.2 Å². The second-order valence-electron chi connectivity index (χ2n) is 2.45. The average molecular weight is 200 g/mol. The molecule has 0 aromatic heterocycles. The molecular weight excluding hydrogens is 193 g/mol. The number of hydrogen-bond acceptors (Lipinski definition) is 3. The zero-order valence-corrected chi connectivity index (χ0v) is 7.06. The van der Waals surface area contributed by atoms with Crippen molar-refractivity contribution in [2.24, 2.45) is 0 Å². The van der Waals surface area contributed by atoms with Gasteiger partial charge in [0.25, 0.3) is 0 Å². The normalized spacial score (nSPS) is 23.6. The molecular formula is C5H7F3O3Si. The third-order valence-electron chi connectivity index (χ3n) is 1.40. The highest BCUT2D eigenvalue weighted by atomic mass is 28.5. The van der Waals surface area contributed by atoms with Gasteiger partial charge in [0, 0.05) is 6.04 Å². The van der Waals surface area contributed by atoms with E-state index in [-0.39, 0.29) is 13.0 Å². The smallest absolute Gasteiger partial charge is 0.430 e. The molecule has 0 bridgehead atoms. The van der Waals surface area contributed by atoms with Gasteiger partial charge in [0.1, 0.15) is 12.7 Å². The Kier molecular flexibility index (Phi) is 2.61. The standard InChI is InChI=1S/C5H7F3O3Si/c6-12(7,8)2-1-4-3-10-5(9)11-4/h4H,1-3H2. The van der Waals surface area contributed by atoms with Gasteiger partial charge in [-0.05, 0) is 6.42 Å². The lowest BCUT2D eigenvalue weighted by Gasteiger charge is -2.05. The van der Waals surface area contributed by atoms with Gasteiger partial charge in [0.2, 0.25) is 0 Å². The Balaban J connectivity index is 2.20. The van der Waals surface area contributed by atoms with Crippen LogP contribution in [0.1, 0.15) is 6.42 Å². The number of ether oxygens (including phenoxy) is 2. The fourth-order valence-corrected chi connectivity index (χ4v) is 1.48. The molecule has 0 spiro atoms. The van der Waals surface area contributed by atoms with Crippen LogP contribution in [0.4, 0.5) is 17.1 Å². The summed E-state index contributed by atoms with van der Waals surface area (Å²) in [7, 11) is -5.49. The number of hydrogen-bond donors (Lipinski definition) is 0. The molecule has 1 unspecified atom stereocenters. The van der Waals surface area contributed by atoms with E-state index in [0.29, 0.717) is 0 Å². The van der Waals surface area contributed by atoms with Gasteiger partial charge >= 0.3 is 15.2 Å². The summed E-state index contributed by atoms with van der Waals surface area (Å²) >= 11 is 0. The summed E-state index contributed by atoms with van der Waals surface area (Å²) in [6.45, 7) is -0.0523. The number of halogens is 3. The van der Waals surface area contributed by atoms with Crippen molar-refractivity contribution < 1.29 is 26.6 Å². The second kappa shape index (κ2) is 3.34. The molecule has 0 saturated carbocycles. The van der Waals surface area contributed by atoms with Gasteiger partial charge in [-0.2, -0.15) is 0 Å². The first-order valence-electron chi connectivity index (χ1n) is 3.37. The van der Waals surface area contributed by atoms with Crippen LogP contribution in [0.25, 0.3) is 0 Å². The maximum atomic E-state index is 11.8. The highest BCUT2D eigenvalue weighted by molar-refractivity contribution is 6.58. The molecule has 0 radical (unpaired) electrons. The van der Waals surface area contributed by atoms with Gasteiger partial charge in [0.15, 0.2) is 0 Å². The number of carbonyl (C=O) groups is 1. The molecule has 1 aliphatic heterocycles. The number of rotatable bonds is 3. The lowest BCUT2D eigenvalue weighted by Crippen LogP contribution is -2.19. The Bertz CT molecular complexity index is 181. The van der Waals surface area contributed by atoms with Gasteiger partial charge in [-0.1, -0.05) is 0 Å².